The van der Waals surface area contributed by atoms with Crippen LogP contribution in [0.2, 0.25) is 5.02 Å². The molecule has 5 rings (SSSR count). The number of nitrogens with zero attached hydrogens (tertiary/aromatic N) is 5. The largest absolute Gasteiger partial charge is 0.499 e. The van der Waals surface area contributed by atoms with Crippen LogP contribution in [0.5, 0.6) is 11.5 Å². The number of thioether (sulfide) groups is 1. The van der Waals surface area contributed by atoms with Gasteiger partial charge in [0.25, 0.3) is 0 Å². The second kappa shape index (κ2) is 15.0. The molecule has 0 aliphatic carbocycles. The number of hydrogen-bond acceptors (Lipinski definition) is 7. The number of ether oxygens (including phenoxy) is 2. The second-order valence-electron chi connectivity index (χ2n) is 10.8. The molecule has 0 bridgehead atoms. The molecule has 3 aromatic carbocycles. The van der Waals surface area contributed by atoms with Gasteiger partial charge >= 0.3 is 18.5 Å². The van der Waals surface area contributed by atoms with E-state index in [2.05, 4.69) is 25.1 Å². The monoisotopic (exact) mass is 778 g/mol. The van der Waals surface area contributed by atoms with Crippen molar-refractivity contribution in [2.24, 2.45) is 4.99 Å². The number of amides is 1. The molecule has 20 heteroatoms. The lowest BCUT2D eigenvalue weighted by atomic mass is 10.00. The summed E-state index contributed by atoms with van der Waals surface area (Å²) in [5, 5.41) is 7.68. The fourth-order valence-electron chi connectivity index (χ4n) is 4.47. The molecule has 1 saturated heterocycles. The van der Waals surface area contributed by atoms with Crippen LogP contribution < -0.4 is 19.7 Å². The molecule has 0 saturated carbocycles. The first-order valence-corrected chi connectivity index (χ1v) is 16.2. The summed E-state index contributed by atoms with van der Waals surface area (Å²) in [6.45, 7) is 0.671. The van der Waals surface area contributed by atoms with Gasteiger partial charge in [0.15, 0.2) is 22.7 Å². The van der Waals surface area contributed by atoms with Crippen LogP contribution >= 0.6 is 35.6 Å². The summed E-state index contributed by atoms with van der Waals surface area (Å²) < 4.78 is 112. The molecule has 1 aliphatic heterocycles. The van der Waals surface area contributed by atoms with Crippen LogP contribution in [0.4, 0.5) is 40.8 Å². The lowest BCUT2D eigenvalue weighted by Gasteiger charge is -2.21. The molecule has 1 atom stereocenters. The standard InChI is InChI=1S/C31H23ClF8N6O3S2/c1-17(13-41-27(50)43-28-46(25(47)14-51-28)23-12-20(32)6-11-24(23)48-15-29(33,34)35)18-2-4-19(5-3-18)26-42-16-45(44-26)21-7-9-22(10-8-21)49-31(39,40)30(36,37)38/h2-12,16-17H,13-15H2,1H3,(H,41,50). The van der Waals surface area contributed by atoms with Gasteiger partial charge < -0.3 is 14.8 Å². The van der Waals surface area contributed by atoms with Gasteiger partial charge in [-0.15, -0.1) is 5.10 Å². The number of halogens is 9. The number of rotatable bonds is 10. The summed E-state index contributed by atoms with van der Waals surface area (Å²) in [7, 11) is 0. The smallest absolute Gasteiger partial charge is 0.482 e. The Morgan fingerprint density at radius 2 is 1.73 bits per heavy atom. The highest BCUT2D eigenvalue weighted by Crippen LogP contribution is 2.38. The molecule has 2 heterocycles. The maximum atomic E-state index is 13.2. The Bertz CT molecular complexity index is 1920. The molecule has 9 nitrogen and oxygen atoms in total. The van der Waals surface area contributed by atoms with Crippen molar-refractivity contribution in [3.63, 3.8) is 0 Å². The number of hydrogen-bond donors (Lipinski definition) is 1. The maximum Gasteiger partial charge on any atom is 0.499 e. The Labute approximate surface area is 298 Å². The fraction of sp³-hybridized carbons (Fsp3) is 0.258. The number of carbonyl (C=O) groups excluding carboxylic acids is 1. The topological polar surface area (TPSA) is 93.9 Å². The zero-order valence-corrected chi connectivity index (χ0v) is 28.2. The molecule has 1 aliphatic rings. The molecule has 4 aromatic rings. The van der Waals surface area contributed by atoms with Crippen LogP contribution in [0.15, 0.2) is 78.0 Å². The minimum atomic E-state index is -5.87. The van der Waals surface area contributed by atoms with Crippen molar-refractivity contribution in [3.8, 4) is 28.6 Å². The Morgan fingerprint density at radius 1 is 1.04 bits per heavy atom. The number of alkyl halides is 8. The van der Waals surface area contributed by atoms with Crippen LogP contribution in [0.3, 0.4) is 0 Å². The van der Waals surface area contributed by atoms with Gasteiger partial charge in [-0.2, -0.15) is 40.1 Å². The summed E-state index contributed by atoms with van der Waals surface area (Å²) in [4.78, 5) is 22.4. The van der Waals surface area contributed by atoms with Crippen LogP contribution in [0, 0.1) is 0 Å². The van der Waals surface area contributed by atoms with E-state index in [9.17, 15) is 39.9 Å². The molecule has 1 N–H and O–H groups in total. The first-order valence-electron chi connectivity index (χ1n) is 14.5. The second-order valence-corrected chi connectivity index (χ2v) is 12.5. The van der Waals surface area contributed by atoms with E-state index in [1.54, 1.807) is 12.1 Å². The highest BCUT2D eigenvalue weighted by Gasteiger charge is 2.61. The van der Waals surface area contributed by atoms with Crippen LogP contribution in [0.1, 0.15) is 18.4 Å². The average molecular weight is 779 g/mol. The van der Waals surface area contributed by atoms with E-state index < -0.39 is 36.7 Å². The van der Waals surface area contributed by atoms with Gasteiger partial charge in [0.05, 0.1) is 17.1 Å². The predicted molar refractivity (Wildman–Crippen MR) is 178 cm³/mol. The molecule has 1 fully saturated rings. The Hall–Kier alpha value is -4.49. The maximum absolute atomic E-state index is 13.2. The van der Waals surface area contributed by atoms with Crippen molar-refractivity contribution in [1.29, 1.82) is 0 Å². The van der Waals surface area contributed by atoms with Crippen molar-refractivity contribution >= 4 is 57.5 Å². The van der Waals surface area contributed by atoms with Gasteiger partial charge in [0.2, 0.25) is 5.91 Å². The number of aliphatic imine (C=N–C) groups is 1. The Balaban J connectivity index is 1.20. The summed E-state index contributed by atoms with van der Waals surface area (Å²) in [6, 6.07) is 15.5. The van der Waals surface area contributed by atoms with Gasteiger partial charge in [-0.3, -0.25) is 9.69 Å². The third kappa shape index (κ3) is 9.44. The lowest BCUT2D eigenvalue weighted by Crippen LogP contribution is -2.41. The SMILES string of the molecule is CC(CNC(=S)N=C1SCC(=O)N1c1cc(Cl)ccc1OCC(F)(F)F)c1ccc(-c2ncn(-c3ccc(OC(F)(F)C(F)(F)F)cc3)n2)cc1. The first-order chi connectivity index (χ1) is 23.9. The highest BCUT2D eigenvalue weighted by atomic mass is 35.5. The van der Waals surface area contributed by atoms with Crippen molar-refractivity contribution < 1.29 is 49.4 Å². The Kier molecular flexibility index (Phi) is 11.1. The van der Waals surface area contributed by atoms with E-state index in [0.717, 1.165) is 34.4 Å². The van der Waals surface area contributed by atoms with Crippen LogP contribution in [-0.4, -0.2) is 68.3 Å². The van der Waals surface area contributed by atoms with E-state index in [1.165, 1.54) is 41.3 Å². The predicted octanol–water partition coefficient (Wildman–Crippen LogP) is 8.18. The van der Waals surface area contributed by atoms with E-state index in [0.29, 0.717) is 23.6 Å². The van der Waals surface area contributed by atoms with E-state index in [-0.39, 0.29) is 38.4 Å². The van der Waals surface area contributed by atoms with E-state index in [4.69, 9.17) is 28.6 Å². The molecule has 0 spiro atoms. The van der Waals surface area contributed by atoms with Crippen molar-refractivity contribution in [2.45, 2.75) is 31.3 Å². The minimum absolute atomic E-state index is 0.00390. The summed E-state index contributed by atoms with van der Waals surface area (Å²) in [5.41, 5.74) is 1.85. The Morgan fingerprint density at radius 3 is 2.37 bits per heavy atom. The lowest BCUT2D eigenvalue weighted by molar-refractivity contribution is -0.360. The number of nitrogens with one attached hydrogen (secondary N) is 1. The third-order valence-corrected chi connectivity index (χ3v) is 8.38. The number of anilines is 1. The molecular formula is C31H23ClF8N6O3S2. The summed E-state index contributed by atoms with van der Waals surface area (Å²) in [5.74, 6) is -1.16. The number of carbonyl (C=O) groups is 1. The molecule has 0 radical (unpaired) electrons. The highest BCUT2D eigenvalue weighted by molar-refractivity contribution is 8.15. The van der Waals surface area contributed by atoms with Gasteiger partial charge in [0, 0.05) is 17.1 Å². The molecule has 51 heavy (non-hydrogen) atoms. The average Bonchev–Trinajstić information content (AvgIpc) is 3.69. The molecule has 270 valence electrons. The number of thiocarbonyl (C=S) groups is 1. The number of benzene rings is 3. The van der Waals surface area contributed by atoms with E-state index >= 15 is 0 Å². The van der Waals surface area contributed by atoms with E-state index in [1.807, 2.05) is 19.1 Å². The number of amidine groups is 1. The summed E-state index contributed by atoms with van der Waals surface area (Å²) in [6.07, 6.45) is -14.5. The van der Waals surface area contributed by atoms with Crippen molar-refractivity contribution in [2.75, 3.05) is 23.8 Å². The quantitative estimate of drug-likeness (QED) is 0.127. The van der Waals surface area contributed by atoms with Gasteiger partial charge in [-0.05, 0) is 66.2 Å². The zero-order valence-electron chi connectivity index (χ0n) is 25.8. The fourth-order valence-corrected chi connectivity index (χ4v) is 5.73. The zero-order chi connectivity index (χ0) is 37.1. The van der Waals surface area contributed by atoms with Crippen LogP contribution in [-0.2, 0) is 4.79 Å². The van der Waals surface area contributed by atoms with Crippen molar-refractivity contribution in [1.82, 2.24) is 20.1 Å². The van der Waals surface area contributed by atoms with Gasteiger partial charge in [0.1, 0.15) is 17.8 Å². The third-order valence-electron chi connectivity index (χ3n) is 6.98. The van der Waals surface area contributed by atoms with Crippen LogP contribution in [0.25, 0.3) is 17.1 Å². The molecular weight excluding hydrogens is 756 g/mol. The normalized spacial score (nSPS) is 15.3. The number of aromatic nitrogens is 3. The molecule has 1 unspecified atom stereocenters. The minimum Gasteiger partial charge on any atom is -0.482 e. The van der Waals surface area contributed by atoms with Gasteiger partial charge in [-0.1, -0.05) is 54.6 Å². The molecule has 1 amide bonds. The first kappa shape index (κ1) is 37.8. The molecule has 1 aromatic heterocycles. The summed E-state index contributed by atoms with van der Waals surface area (Å²) >= 11 is 12.5. The van der Waals surface area contributed by atoms with Crippen molar-refractivity contribution in [3.05, 3.63) is 83.6 Å². The van der Waals surface area contributed by atoms with Gasteiger partial charge in [-0.25, -0.2) is 9.67 Å².